The van der Waals surface area contributed by atoms with E-state index in [0.717, 1.165) is 16.3 Å². The van der Waals surface area contributed by atoms with Crippen molar-refractivity contribution in [3.63, 3.8) is 0 Å². The maximum absolute atomic E-state index is 12.7. The first kappa shape index (κ1) is 14.5. The zero-order chi connectivity index (χ0) is 16.5. The van der Waals surface area contributed by atoms with Crippen LogP contribution in [0.25, 0.3) is 10.8 Å². The molecule has 0 radical (unpaired) electrons. The maximum atomic E-state index is 12.7. The lowest BCUT2D eigenvalue weighted by atomic mass is 9.90. The molecule has 0 bridgehead atoms. The van der Waals surface area contributed by atoms with E-state index in [2.05, 4.69) is 5.32 Å². The molecule has 24 heavy (non-hydrogen) atoms. The van der Waals surface area contributed by atoms with Gasteiger partial charge in [0.15, 0.2) is 0 Å². The molecule has 1 aliphatic rings. The summed E-state index contributed by atoms with van der Waals surface area (Å²) in [7, 11) is 0. The van der Waals surface area contributed by atoms with Crippen LogP contribution in [0.2, 0.25) is 0 Å². The highest BCUT2D eigenvalue weighted by molar-refractivity contribution is 6.01. The zero-order valence-corrected chi connectivity index (χ0v) is 12.9. The Bertz CT molecular complexity index is 943. The number of carbonyl (C=O) groups is 2. The maximum Gasteiger partial charge on any atom is 0.319 e. The van der Waals surface area contributed by atoms with Gasteiger partial charge in [0, 0.05) is 17.5 Å². The van der Waals surface area contributed by atoms with E-state index in [1.54, 1.807) is 12.1 Å². The summed E-state index contributed by atoms with van der Waals surface area (Å²) in [6.07, 6.45) is 0.0978. The van der Waals surface area contributed by atoms with Gasteiger partial charge < -0.3 is 10.1 Å². The first-order chi connectivity index (χ1) is 11.7. The number of para-hydroxylation sites is 1. The number of hydrogen-bond acceptors (Lipinski definition) is 3. The van der Waals surface area contributed by atoms with Crippen LogP contribution in [0, 0.1) is 0 Å². The quantitative estimate of drug-likeness (QED) is 0.576. The molecule has 3 aromatic carbocycles. The Morgan fingerprint density at radius 2 is 1.71 bits per heavy atom. The van der Waals surface area contributed by atoms with Crippen LogP contribution in [-0.2, 0) is 9.59 Å². The van der Waals surface area contributed by atoms with Crippen molar-refractivity contribution in [1.29, 1.82) is 0 Å². The number of amides is 1. The van der Waals surface area contributed by atoms with Crippen molar-refractivity contribution >= 4 is 28.3 Å². The minimum absolute atomic E-state index is 0.0978. The van der Waals surface area contributed by atoms with Crippen LogP contribution < -0.4 is 10.1 Å². The Labute approximate surface area is 139 Å². The molecule has 4 heteroatoms. The number of hydrogen-bond donors (Lipinski definition) is 1. The number of fused-ring (bicyclic) bond motifs is 2. The average Bonchev–Trinajstić information content (AvgIpc) is 2.61. The second-order valence-electron chi connectivity index (χ2n) is 5.79. The molecule has 1 N–H and O–H groups in total. The molecule has 4 rings (SSSR count). The third kappa shape index (κ3) is 2.52. The van der Waals surface area contributed by atoms with Crippen molar-refractivity contribution in [1.82, 2.24) is 0 Å². The summed E-state index contributed by atoms with van der Waals surface area (Å²) in [6, 6.07) is 20.7. The summed E-state index contributed by atoms with van der Waals surface area (Å²) in [5.41, 5.74) is 1.47. The van der Waals surface area contributed by atoms with Gasteiger partial charge in [0.2, 0.25) is 5.91 Å². The first-order valence-electron chi connectivity index (χ1n) is 7.80. The van der Waals surface area contributed by atoms with Gasteiger partial charge in [-0.05, 0) is 23.1 Å². The van der Waals surface area contributed by atoms with E-state index in [1.807, 2.05) is 54.6 Å². The molecular formula is C20H15NO3. The van der Waals surface area contributed by atoms with E-state index in [-0.39, 0.29) is 12.3 Å². The van der Waals surface area contributed by atoms with E-state index < -0.39 is 11.9 Å². The number of rotatable bonds is 2. The van der Waals surface area contributed by atoms with Crippen molar-refractivity contribution in [2.45, 2.75) is 12.3 Å². The smallest absolute Gasteiger partial charge is 0.319 e. The van der Waals surface area contributed by atoms with Crippen molar-refractivity contribution in [3.8, 4) is 5.75 Å². The summed E-state index contributed by atoms with van der Waals surface area (Å²) in [4.78, 5) is 24.6. The van der Waals surface area contributed by atoms with Crippen molar-refractivity contribution < 1.29 is 14.3 Å². The monoisotopic (exact) mass is 317 g/mol. The molecule has 0 aromatic heterocycles. The highest BCUT2D eigenvalue weighted by Gasteiger charge is 2.32. The fraction of sp³-hybridized carbons (Fsp3) is 0.100. The SMILES string of the molecule is O=C1CC(C(=O)Oc2cccc3ccccc23)c2ccccc2N1. The topological polar surface area (TPSA) is 55.4 Å². The molecular weight excluding hydrogens is 302 g/mol. The summed E-state index contributed by atoms with van der Waals surface area (Å²) in [5.74, 6) is -0.655. The molecule has 0 aliphatic carbocycles. The van der Waals surface area contributed by atoms with E-state index in [1.165, 1.54) is 0 Å². The number of ether oxygens (including phenoxy) is 1. The Hall–Kier alpha value is -3.14. The Morgan fingerprint density at radius 1 is 0.958 bits per heavy atom. The summed E-state index contributed by atoms with van der Waals surface area (Å²) in [5, 5.41) is 4.67. The minimum atomic E-state index is -0.589. The molecule has 3 aromatic rings. The predicted molar refractivity (Wildman–Crippen MR) is 92.0 cm³/mol. The standard InChI is InChI=1S/C20H15NO3/c22-19-12-16(15-9-3-4-10-17(15)21-19)20(23)24-18-11-5-7-13-6-1-2-8-14(13)18/h1-11,16H,12H2,(H,21,22). The van der Waals surface area contributed by atoms with Gasteiger partial charge in [-0.25, -0.2) is 0 Å². The molecule has 1 atom stereocenters. The molecule has 0 saturated heterocycles. The highest BCUT2D eigenvalue weighted by Crippen LogP contribution is 2.34. The van der Waals surface area contributed by atoms with E-state index in [4.69, 9.17) is 4.74 Å². The van der Waals surface area contributed by atoms with E-state index in [9.17, 15) is 9.59 Å². The molecule has 0 saturated carbocycles. The van der Waals surface area contributed by atoms with Crippen LogP contribution >= 0.6 is 0 Å². The van der Waals surface area contributed by atoms with Gasteiger partial charge >= 0.3 is 5.97 Å². The van der Waals surface area contributed by atoms with Crippen LogP contribution in [0.3, 0.4) is 0 Å². The second-order valence-corrected chi connectivity index (χ2v) is 5.79. The first-order valence-corrected chi connectivity index (χ1v) is 7.80. The van der Waals surface area contributed by atoms with Gasteiger partial charge in [0.05, 0.1) is 5.92 Å². The van der Waals surface area contributed by atoms with Gasteiger partial charge in [0.25, 0.3) is 0 Å². The number of benzene rings is 3. The summed E-state index contributed by atoms with van der Waals surface area (Å²) in [6.45, 7) is 0. The lowest BCUT2D eigenvalue weighted by Crippen LogP contribution is -2.29. The Kier molecular flexibility index (Phi) is 3.50. The van der Waals surface area contributed by atoms with Gasteiger partial charge in [0.1, 0.15) is 5.75 Å². The number of anilines is 1. The molecule has 1 aliphatic heterocycles. The molecule has 0 spiro atoms. The Morgan fingerprint density at radius 3 is 2.62 bits per heavy atom. The van der Waals surface area contributed by atoms with Crippen LogP contribution in [0.4, 0.5) is 5.69 Å². The third-order valence-electron chi connectivity index (χ3n) is 4.24. The van der Waals surface area contributed by atoms with Gasteiger partial charge in [-0.2, -0.15) is 0 Å². The zero-order valence-electron chi connectivity index (χ0n) is 12.9. The number of carbonyl (C=O) groups excluding carboxylic acids is 2. The van der Waals surface area contributed by atoms with Gasteiger partial charge in [-0.3, -0.25) is 9.59 Å². The van der Waals surface area contributed by atoms with Crippen molar-refractivity contribution in [2.75, 3.05) is 5.32 Å². The lowest BCUT2D eigenvalue weighted by molar-refractivity contribution is -0.137. The van der Waals surface area contributed by atoms with Crippen LogP contribution in [0.1, 0.15) is 17.9 Å². The molecule has 118 valence electrons. The molecule has 4 nitrogen and oxygen atoms in total. The largest absolute Gasteiger partial charge is 0.425 e. The predicted octanol–water partition coefficient (Wildman–Crippen LogP) is 3.87. The minimum Gasteiger partial charge on any atom is -0.425 e. The van der Waals surface area contributed by atoms with Gasteiger partial charge in [-0.15, -0.1) is 0 Å². The molecule has 1 heterocycles. The Balaban J connectivity index is 1.68. The van der Waals surface area contributed by atoms with Crippen LogP contribution in [0.15, 0.2) is 66.7 Å². The third-order valence-corrected chi connectivity index (χ3v) is 4.24. The summed E-state index contributed by atoms with van der Waals surface area (Å²) < 4.78 is 5.65. The van der Waals surface area contributed by atoms with Crippen molar-refractivity contribution in [2.24, 2.45) is 0 Å². The molecule has 1 unspecified atom stereocenters. The number of nitrogens with one attached hydrogen (secondary N) is 1. The van der Waals surface area contributed by atoms with Crippen molar-refractivity contribution in [3.05, 3.63) is 72.3 Å². The molecule has 0 fully saturated rings. The fourth-order valence-electron chi connectivity index (χ4n) is 3.09. The number of esters is 1. The lowest BCUT2D eigenvalue weighted by Gasteiger charge is -2.24. The fourth-order valence-corrected chi connectivity index (χ4v) is 3.09. The van der Waals surface area contributed by atoms with Crippen LogP contribution in [0.5, 0.6) is 5.75 Å². The second kappa shape index (κ2) is 5.81. The van der Waals surface area contributed by atoms with Crippen LogP contribution in [-0.4, -0.2) is 11.9 Å². The van der Waals surface area contributed by atoms with E-state index in [0.29, 0.717) is 11.4 Å². The normalized spacial score (nSPS) is 16.3. The average molecular weight is 317 g/mol. The van der Waals surface area contributed by atoms with E-state index >= 15 is 0 Å². The van der Waals surface area contributed by atoms with Gasteiger partial charge in [-0.1, -0.05) is 54.6 Å². The summed E-state index contributed by atoms with van der Waals surface area (Å²) >= 11 is 0. The molecule has 1 amide bonds. The highest BCUT2D eigenvalue weighted by atomic mass is 16.5.